The molecule has 4 rings (SSSR count). The van der Waals surface area contributed by atoms with E-state index < -0.39 is 4.65 Å². The van der Waals surface area contributed by atoms with E-state index in [1.165, 1.54) is 12.1 Å². The van der Waals surface area contributed by atoms with E-state index in [2.05, 4.69) is 5.32 Å². The van der Waals surface area contributed by atoms with E-state index >= 15 is 0 Å². The Labute approximate surface area is 199 Å². The van der Waals surface area contributed by atoms with Gasteiger partial charge in [-0.25, -0.2) is 9.37 Å². The standard InChI is InChI=1S/C28H28FN3O2/c1-4-24(20-13-10-14-21(29)17-20)31-28(33)26-22-15-8-9-16-25(22)30-27(19-11-6-5-7-12-19)23(26)18-32(2,3)34/h5-17,24H,4,18H2,1-3H3,(H,31,33). The van der Waals surface area contributed by atoms with E-state index in [1.54, 1.807) is 26.2 Å². The summed E-state index contributed by atoms with van der Waals surface area (Å²) in [6, 6.07) is 22.9. The lowest BCUT2D eigenvalue weighted by Gasteiger charge is -2.35. The van der Waals surface area contributed by atoms with Gasteiger partial charge in [-0.05, 0) is 30.2 Å². The van der Waals surface area contributed by atoms with Crippen LogP contribution in [0.25, 0.3) is 22.2 Å². The van der Waals surface area contributed by atoms with E-state index in [9.17, 15) is 14.4 Å². The van der Waals surface area contributed by atoms with Crippen molar-refractivity contribution in [3.63, 3.8) is 0 Å². The van der Waals surface area contributed by atoms with Crippen LogP contribution in [0, 0.1) is 11.0 Å². The number of amides is 1. The van der Waals surface area contributed by atoms with Gasteiger partial charge in [-0.1, -0.05) is 67.6 Å². The third-order valence-electron chi connectivity index (χ3n) is 5.77. The molecule has 1 atom stereocenters. The number of fused-ring (bicyclic) bond motifs is 1. The van der Waals surface area contributed by atoms with Crippen LogP contribution < -0.4 is 5.32 Å². The van der Waals surface area contributed by atoms with Crippen molar-refractivity contribution in [3.05, 3.63) is 107 Å². The maximum absolute atomic E-state index is 13.9. The summed E-state index contributed by atoms with van der Waals surface area (Å²) in [6.45, 7) is 2.01. The molecule has 0 saturated carbocycles. The lowest BCUT2D eigenvalue weighted by atomic mass is 9.94. The number of nitrogens with one attached hydrogen (secondary N) is 1. The Morgan fingerprint density at radius 3 is 2.41 bits per heavy atom. The number of nitrogens with zero attached hydrogens (tertiary/aromatic N) is 2. The first-order valence-electron chi connectivity index (χ1n) is 11.3. The lowest BCUT2D eigenvalue weighted by molar-refractivity contribution is -0.853. The second kappa shape index (κ2) is 9.71. The number of rotatable bonds is 7. The van der Waals surface area contributed by atoms with Gasteiger partial charge in [0.1, 0.15) is 12.4 Å². The number of para-hydroxylation sites is 1. The first-order chi connectivity index (χ1) is 16.3. The normalized spacial score (nSPS) is 12.5. The minimum Gasteiger partial charge on any atom is -0.633 e. The van der Waals surface area contributed by atoms with Crippen molar-refractivity contribution >= 4 is 16.8 Å². The largest absolute Gasteiger partial charge is 0.633 e. The van der Waals surface area contributed by atoms with Crippen LogP contribution in [-0.4, -0.2) is 29.6 Å². The molecule has 0 aliphatic rings. The fourth-order valence-electron chi connectivity index (χ4n) is 4.26. The molecule has 0 bridgehead atoms. The first-order valence-corrected chi connectivity index (χ1v) is 11.3. The number of hydrogen-bond acceptors (Lipinski definition) is 3. The fraction of sp³-hybridized carbons (Fsp3) is 0.214. The minimum absolute atomic E-state index is 0.0710. The van der Waals surface area contributed by atoms with Crippen LogP contribution in [0.5, 0.6) is 0 Å². The van der Waals surface area contributed by atoms with E-state index in [0.29, 0.717) is 39.7 Å². The number of halogens is 1. The second-order valence-corrected chi connectivity index (χ2v) is 8.92. The molecule has 1 unspecified atom stereocenters. The van der Waals surface area contributed by atoms with Gasteiger partial charge < -0.3 is 15.2 Å². The monoisotopic (exact) mass is 457 g/mol. The van der Waals surface area contributed by atoms with E-state index in [-0.39, 0.29) is 24.3 Å². The number of quaternary nitrogens is 1. The number of carbonyl (C=O) groups excluding carboxylic acids is 1. The molecule has 0 radical (unpaired) electrons. The molecular formula is C28H28FN3O2. The van der Waals surface area contributed by atoms with Crippen LogP contribution in [-0.2, 0) is 6.54 Å². The zero-order chi connectivity index (χ0) is 24.3. The number of hydroxylamine groups is 3. The quantitative estimate of drug-likeness (QED) is 0.274. The van der Waals surface area contributed by atoms with Crippen molar-refractivity contribution < 1.29 is 13.8 Å². The van der Waals surface area contributed by atoms with Gasteiger partial charge in [-0.2, -0.15) is 0 Å². The van der Waals surface area contributed by atoms with Crippen LogP contribution in [0.4, 0.5) is 4.39 Å². The topological polar surface area (TPSA) is 65.0 Å². The summed E-state index contributed by atoms with van der Waals surface area (Å²) in [5, 5.41) is 16.6. The van der Waals surface area contributed by atoms with Crippen LogP contribution >= 0.6 is 0 Å². The van der Waals surface area contributed by atoms with Gasteiger partial charge in [0, 0.05) is 16.5 Å². The van der Waals surface area contributed by atoms with Gasteiger partial charge >= 0.3 is 0 Å². The van der Waals surface area contributed by atoms with Gasteiger partial charge in [-0.15, -0.1) is 0 Å². The van der Waals surface area contributed by atoms with Crippen LogP contribution in [0.15, 0.2) is 78.9 Å². The number of aromatic nitrogens is 1. The molecule has 1 aromatic heterocycles. The van der Waals surface area contributed by atoms with E-state index in [4.69, 9.17) is 4.98 Å². The Balaban J connectivity index is 1.90. The molecular weight excluding hydrogens is 429 g/mol. The third kappa shape index (κ3) is 5.14. The highest BCUT2D eigenvalue weighted by Crippen LogP contribution is 2.32. The van der Waals surface area contributed by atoms with Crippen molar-refractivity contribution in [1.82, 2.24) is 10.3 Å². The molecule has 174 valence electrons. The Kier molecular flexibility index (Phi) is 6.72. The first kappa shape index (κ1) is 23.5. The highest BCUT2D eigenvalue weighted by atomic mass is 19.1. The summed E-state index contributed by atoms with van der Waals surface area (Å²) in [5.41, 5.74) is 3.84. The molecule has 0 aliphatic carbocycles. The smallest absolute Gasteiger partial charge is 0.253 e. The predicted molar refractivity (Wildman–Crippen MR) is 133 cm³/mol. The number of carbonyl (C=O) groups is 1. The van der Waals surface area contributed by atoms with Gasteiger partial charge in [-0.3, -0.25) is 4.79 Å². The van der Waals surface area contributed by atoms with Gasteiger partial charge in [0.2, 0.25) is 0 Å². The van der Waals surface area contributed by atoms with Crippen LogP contribution in [0.2, 0.25) is 0 Å². The summed E-state index contributed by atoms with van der Waals surface area (Å²) < 4.78 is 13.3. The van der Waals surface area contributed by atoms with Gasteiger partial charge in [0.15, 0.2) is 0 Å². The number of hydrogen-bond donors (Lipinski definition) is 1. The average Bonchev–Trinajstić information content (AvgIpc) is 2.81. The SMILES string of the molecule is CCC(NC(=O)c1c(C[N+](C)(C)[O-])c(-c2ccccc2)nc2ccccc12)c1cccc(F)c1. The Morgan fingerprint density at radius 1 is 1.03 bits per heavy atom. The lowest BCUT2D eigenvalue weighted by Crippen LogP contribution is -2.34. The molecule has 5 nitrogen and oxygen atoms in total. The van der Waals surface area contributed by atoms with Crippen molar-refractivity contribution in [2.24, 2.45) is 0 Å². The van der Waals surface area contributed by atoms with Gasteiger partial charge in [0.05, 0.1) is 36.9 Å². The molecule has 4 aromatic rings. The second-order valence-electron chi connectivity index (χ2n) is 8.92. The molecule has 1 amide bonds. The Morgan fingerprint density at radius 2 is 1.74 bits per heavy atom. The third-order valence-corrected chi connectivity index (χ3v) is 5.77. The zero-order valence-electron chi connectivity index (χ0n) is 19.6. The molecule has 6 heteroatoms. The molecule has 0 fully saturated rings. The molecule has 1 N–H and O–H groups in total. The fourth-order valence-corrected chi connectivity index (χ4v) is 4.26. The zero-order valence-corrected chi connectivity index (χ0v) is 19.6. The maximum Gasteiger partial charge on any atom is 0.253 e. The average molecular weight is 458 g/mol. The summed E-state index contributed by atoms with van der Waals surface area (Å²) in [6.07, 6.45) is 0.586. The molecule has 34 heavy (non-hydrogen) atoms. The number of pyridine rings is 1. The Bertz CT molecular complexity index is 1320. The summed E-state index contributed by atoms with van der Waals surface area (Å²) in [7, 11) is 3.10. The molecule has 1 heterocycles. The van der Waals surface area contributed by atoms with E-state index in [0.717, 1.165) is 5.56 Å². The molecule has 0 aliphatic heterocycles. The van der Waals surface area contributed by atoms with E-state index in [1.807, 2.05) is 61.5 Å². The summed E-state index contributed by atoms with van der Waals surface area (Å²) >= 11 is 0. The minimum atomic E-state index is -0.610. The van der Waals surface area contributed by atoms with Gasteiger partial charge in [0.25, 0.3) is 5.91 Å². The molecule has 0 spiro atoms. The van der Waals surface area contributed by atoms with Crippen molar-refractivity contribution in [2.75, 3.05) is 14.1 Å². The Hall–Kier alpha value is -3.61. The highest BCUT2D eigenvalue weighted by Gasteiger charge is 2.26. The number of benzene rings is 3. The van der Waals surface area contributed by atoms with Crippen molar-refractivity contribution in [2.45, 2.75) is 25.9 Å². The van der Waals surface area contributed by atoms with Crippen LogP contribution in [0.1, 0.15) is 40.9 Å². The highest BCUT2D eigenvalue weighted by molar-refractivity contribution is 6.09. The van der Waals surface area contributed by atoms with Crippen molar-refractivity contribution in [3.8, 4) is 11.3 Å². The summed E-state index contributed by atoms with van der Waals surface area (Å²) in [4.78, 5) is 18.7. The van der Waals surface area contributed by atoms with Crippen molar-refractivity contribution in [1.29, 1.82) is 0 Å². The molecule has 3 aromatic carbocycles. The summed E-state index contributed by atoms with van der Waals surface area (Å²) in [5.74, 6) is -0.660. The van der Waals surface area contributed by atoms with Crippen LogP contribution in [0.3, 0.4) is 0 Å². The molecule has 0 saturated heterocycles. The maximum atomic E-state index is 13.9. The predicted octanol–water partition coefficient (Wildman–Crippen LogP) is 6.00.